The van der Waals surface area contributed by atoms with Crippen LogP contribution in [-0.4, -0.2) is 72.8 Å². The highest BCUT2D eigenvalue weighted by atomic mass is 32.2. The van der Waals surface area contributed by atoms with E-state index in [1.54, 1.807) is 41.5 Å². The number of aromatic nitrogens is 4. The van der Waals surface area contributed by atoms with Crippen LogP contribution in [-0.2, 0) is 32.5 Å². The number of nitrogen functional groups attached to an aromatic ring is 1. The van der Waals surface area contributed by atoms with Crippen molar-refractivity contribution in [1.82, 2.24) is 19.5 Å². The Hall–Kier alpha value is -2.25. The maximum absolute atomic E-state index is 16.3. The Morgan fingerprint density at radius 1 is 1.16 bits per heavy atom. The summed E-state index contributed by atoms with van der Waals surface area (Å²) in [6.45, 7) is 11.4. The molecule has 1 fully saturated rings. The molecule has 2 aromatic rings. The fourth-order valence-electron chi connectivity index (χ4n) is 3.92. The minimum absolute atomic E-state index is 0.0377. The number of rotatable bonds is 12. The molecular formula is C27H39FN5O8PS2. The number of hydrogen-bond acceptors (Lipinski definition) is 13. The smallest absolute Gasteiger partial charge is 0.369 e. The van der Waals surface area contributed by atoms with Gasteiger partial charge in [0.15, 0.2) is 27.6 Å². The average molecular weight is 676 g/mol. The molecule has 3 rings (SSSR count). The molecule has 0 saturated carbocycles. The van der Waals surface area contributed by atoms with Gasteiger partial charge in [-0.1, -0.05) is 77.9 Å². The number of fused-ring (bicyclic) bond motifs is 1. The molecule has 244 valence electrons. The van der Waals surface area contributed by atoms with Crippen molar-refractivity contribution in [2.45, 2.75) is 66.5 Å². The number of anilines is 1. The van der Waals surface area contributed by atoms with Crippen LogP contribution in [0.2, 0.25) is 0 Å². The Bertz CT molecular complexity index is 1480. The molecule has 0 unspecified atom stereocenters. The Balaban J connectivity index is 1.75. The molecule has 13 nitrogen and oxygen atoms in total. The topological polar surface area (TPSA) is 178 Å². The third-order valence-corrected chi connectivity index (χ3v) is 10.5. The Morgan fingerprint density at radius 2 is 1.70 bits per heavy atom. The summed E-state index contributed by atoms with van der Waals surface area (Å²) in [5.74, 6) is 1.28. The summed E-state index contributed by atoms with van der Waals surface area (Å²) in [4.78, 5) is 47.1. The van der Waals surface area contributed by atoms with Crippen molar-refractivity contribution in [3.63, 3.8) is 0 Å². The Labute approximate surface area is 263 Å². The first-order valence-electron chi connectivity index (χ1n) is 13.7. The van der Waals surface area contributed by atoms with Crippen LogP contribution in [0.4, 0.5) is 10.3 Å². The number of phosphoric ester groups is 1. The molecule has 0 amide bonds. The largest absolute Gasteiger partial charge is 0.474 e. The number of thioether (sulfide) groups is 2. The quantitative estimate of drug-likeness (QED) is 0.185. The summed E-state index contributed by atoms with van der Waals surface area (Å²) in [5, 5.41) is -0.152. The molecule has 0 aromatic carbocycles. The SMILES string of the molecule is C#C[C@@]1(F)[C@H](C)[C@@H](COP(=O)(OCCSC(=O)C(C)(C)C)OCCSC(=O)C(C)(C)C)O[C@H]1n1cnc2c(=O)[nH]c(N)nc21. The predicted molar refractivity (Wildman–Crippen MR) is 168 cm³/mol. The first-order valence-corrected chi connectivity index (χ1v) is 17.2. The van der Waals surface area contributed by atoms with Crippen molar-refractivity contribution in [3.05, 3.63) is 16.7 Å². The van der Waals surface area contributed by atoms with E-state index >= 15 is 4.39 Å². The maximum atomic E-state index is 16.3. The van der Waals surface area contributed by atoms with Crippen molar-refractivity contribution in [1.29, 1.82) is 0 Å². The summed E-state index contributed by atoms with van der Waals surface area (Å²) in [7, 11) is -4.28. The number of alkyl halides is 1. The molecule has 17 heteroatoms. The van der Waals surface area contributed by atoms with Crippen LogP contribution in [0.25, 0.3) is 11.2 Å². The van der Waals surface area contributed by atoms with Crippen LogP contribution in [0.5, 0.6) is 0 Å². The minimum Gasteiger partial charge on any atom is -0.369 e. The van der Waals surface area contributed by atoms with Gasteiger partial charge in [0, 0.05) is 28.3 Å². The summed E-state index contributed by atoms with van der Waals surface area (Å²) in [6, 6.07) is 0. The molecule has 1 aliphatic heterocycles. The van der Waals surface area contributed by atoms with Gasteiger partial charge in [-0.2, -0.15) is 4.98 Å². The monoisotopic (exact) mass is 675 g/mol. The third kappa shape index (κ3) is 8.51. The molecule has 1 aliphatic rings. The standard InChI is InChI=1S/C27H39FN5O8PS2/c1-9-27(28)16(2)17(41-21(27)33-15-30-18-19(33)31-24(29)32-20(18)34)14-40-42(37,38-10-12-43-22(35)25(3,4)5)39-11-13-44-23(36)26(6,7)8/h1,15-17,21H,10-14H2,2-8H3,(H3,29,31,32,34)/t16-,17-,21-,27-/m1/s1. The molecule has 3 heterocycles. The van der Waals surface area contributed by atoms with Crippen molar-refractivity contribution >= 4 is 58.7 Å². The molecule has 0 radical (unpaired) electrons. The summed E-state index contributed by atoms with van der Waals surface area (Å²) < 4.78 is 53.7. The second-order valence-electron chi connectivity index (χ2n) is 12.2. The Kier molecular flexibility index (Phi) is 11.5. The van der Waals surface area contributed by atoms with E-state index in [0.29, 0.717) is 0 Å². The van der Waals surface area contributed by atoms with E-state index < -0.39 is 54.7 Å². The van der Waals surface area contributed by atoms with E-state index in [1.165, 1.54) is 17.8 Å². The van der Waals surface area contributed by atoms with E-state index in [1.807, 2.05) is 0 Å². The number of nitrogens with two attached hydrogens (primary N) is 1. The van der Waals surface area contributed by atoms with Gasteiger partial charge in [-0.25, -0.2) is 13.9 Å². The van der Waals surface area contributed by atoms with Crippen LogP contribution in [0.3, 0.4) is 0 Å². The van der Waals surface area contributed by atoms with Gasteiger partial charge in [0.1, 0.15) is 0 Å². The van der Waals surface area contributed by atoms with Gasteiger partial charge in [0.2, 0.25) is 11.6 Å². The predicted octanol–water partition coefficient (Wildman–Crippen LogP) is 4.35. The first-order chi connectivity index (χ1) is 20.3. The van der Waals surface area contributed by atoms with Crippen LogP contribution >= 0.6 is 31.3 Å². The molecular weight excluding hydrogens is 636 g/mol. The van der Waals surface area contributed by atoms with Gasteiger partial charge >= 0.3 is 7.82 Å². The zero-order valence-corrected chi connectivity index (χ0v) is 28.3. The lowest BCUT2D eigenvalue weighted by Crippen LogP contribution is -2.36. The van der Waals surface area contributed by atoms with Gasteiger partial charge in [-0.15, -0.1) is 6.42 Å². The van der Waals surface area contributed by atoms with Crippen LogP contribution in [0.15, 0.2) is 11.1 Å². The van der Waals surface area contributed by atoms with Gasteiger partial charge in [0.25, 0.3) is 5.56 Å². The van der Waals surface area contributed by atoms with Crippen LogP contribution in [0.1, 0.15) is 54.7 Å². The summed E-state index contributed by atoms with van der Waals surface area (Å²) in [5.41, 5.74) is 1.36. The number of terminal acetylenes is 1. The normalized spacial score (nSPS) is 22.8. The highest BCUT2D eigenvalue weighted by Gasteiger charge is 2.56. The minimum atomic E-state index is -4.28. The van der Waals surface area contributed by atoms with Crippen molar-refractivity contribution in [2.75, 3.05) is 37.1 Å². The van der Waals surface area contributed by atoms with E-state index in [9.17, 15) is 18.9 Å². The fraction of sp³-hybridized carbons (Fsp3) is 0.667. The van der Waals surface area contributed by atoms with Crippen molar-refractivity contribution in [2.24, 2.45) is 16.7 Å². The average Bonchev–Trinajstić information content (AvgIpc) is 3.45. The van der Waals surface area contributed by atoms with Gasteiger partial charge in [-0.05, 0) is 0 Å². The number of imidazole rings is 1. The number of phosphoric acid groups is 1. The molecule has 0 bridgehead atoms. The lowest BCUT2D eigenvalue weighted by molar-refractivity contribution is -0.118. The van der Waals surface area contributed by atoms with E-state index in [4.69, 9.17) is 30.5 Å². The number of aromatic amines is 1. The maximum Gasteiger partial charge on any atom is 0.474 e. The lowest BCUT2D eigenvalue weighted by atomic mass is 9.89. The zero-order chi connectivity index (χ0) is 33.1. The van der Waals surface area contributed by atoms with E-state index in [2.05, 4.69) is 20.9 Å². The molecule has 44 heavy (non-hydrogen) atoms. The highest BCUT2D eigenvalue weighted by molar-refractivity contribution is 8.14. The number of nitrogens with zero attached hydrogens (tertiary/aromatic N) is 3. The van der Waals surface area contributed by atoms with E-state index in [-0.39, 0.29) is 52.1 Å². The van der Waals surface area contributed by atoms with Gasteiger partial charge in [-0.3, -0.25) is 37.5 Å². The fourth-order valence-corrected chi connectivity index (χ4v) is 6.92. The van der Waals surface area contributed by atoms with Gasteiger partial charge < -0.3 is 10.5 Å². The third-order valence-electron chi connectivity index (χ3n) is 6.56. The number of carbonyl (C=O) groups excluding carboxylic acids is 2. The van der Waals surface area contributed by atoms with Crippen molar-refractivity contribution in [3.8, 4) is 12.3 Å². The van der Waals surface area contributed by atoms with Gasteiger partial charge in [0.05, 0.1) is 32.3 Å². The second-order valence-corrected chi connectivity index (χ2v) is 16.0. The van der Waals surface area contributed by atoms with Crippen LogP contribution < -0.4 is 11.3 Å². The molecule has 4 atom stereocenters. The zero-order valence-electron chi connectivity index (χ0n) is 25.7. The molecule has 0 aliphatic carbocycles. The highest BCUT2D eigenvalue weighted by Crippen LogP contribution is 2.52. The van der Waals surface area contributed by atoms with Crippen molar-refractivity contribution < 1.29 is 36.9 Å². The number of hydrogen-bond donors (Lipinski definition) is 2. The first kappa shape index (κ1) is 36.2. The summed E-state index contributed by atoms with van der Waals surface area (Å²) >= 11 is 2.04. The Morgan fingerprint density at radius 3 is 2.20 bits per heavy atom. The molecule has 1 saturated heterocycles. The number of halogens is 1. The summed E-state index contributed by atoms with van der Waals surface area (Å²) in [6.07, 6.45) is 4.26. The lowest BCUT2D eigenvalue weighted by Gasteiger charge is -2.24. The molecule has 2 aromatic heterocycles. The number of H-pyrrole nitrogens is 1. The molecule has 0 spiro atoms. The number of ether oxygens (including phenoxy) is 1. The van der Waals surface area contributed by atoms with Crippen LogP contribution in [0, 0.1) is 29.1 Å². The van der Waals surface area contributed by atoms with E-state index in [0.717, 1.165) is 23.5 Å². The molecule has 3 N–H and O–H groups in total. The number of carbonyl (C=O) groups is 2. The second kappa shape index (κ2) is 14.0. The number of nitrogens with one attached hydrogen (secondary N) is 1.